The van der Waals surface area contributed by atoms with E-state index in [1.807, 2.05) is 36.6 Å². The summed E-state index contributed by atoms with van der Waals surface area (Å²) < 4.78 is 12.6. The molecule has 5 heteroatoms. The standard InChI is InChI=1S/C13H17N3O2/c1-9-5-6-12(18-4)11(7-9)16-8-14-15-13(16)10(2)17-3/h5-8,10H,1-4H3. The fraction of sp³-hybridized carbons (Fsp3) is 0.385. The van der Waals surface area contributed by atoms with Gasteiger partial charge in [0.15, 0.2) is 5.82 Å². The van der Waals surface area contributed by atoms with Gasteiger partial charge in [-0.2, -0.15) is 0 Å². The molecule has 18 heavy (non-hydrogen) atoms. The molecular formula is C13H17N3O2. The minimum atomic E-state index is -0.127. The molecule has 1 aromatic heterocycles. The monoisotopic (exact) mass is 247 g/mol. The maximum atomic E-state index is 5.38. The van der Waals surface area contributed by atoms with Crippen LogP contribution in [0.2, 0.25) is 0 Å². The van der Waals surface area contributed by atoms with Crippen LogP contribution >= 0.6 is 0 Å². The van der Waals surface area contributed by atoms with Crippen LogP contribution < -0.4 is 4.74 Å². The first-order valence-corrected chi connectivity index (χ1v) is 5.75. The zero-order valence-corrected chi connectivity index (χ0v) is 11.0. The van der Waals surface area contributed by atoms with E-state index < -0.39 is 0 Å². The van der Waals surface area contributed by atoms with Crippen LogP contribution in [0.5, 0.6) is 5.75 Å². The third kappa shape index (κ3) is 2.22. The SMILES string of the molecule is COc1ccc(C)cc1-n1cnnc1C(C)OC. The third-order valence-corrected chi connectivity index (χ3v) is 2.89. The van der Waals surface area contributed by atoms with Gasteiger partial charge < -0.3 is 9.47 Å². The van der Waals surface area contributed by atoms with Gasteiger partial charge in [-0.15, -0.1) is 10.2 Å². The van der Waals surface area contributed by atoms with Crippen molar-refractivity contribution >= 4 is 0 Å². The molecular weight excluding hydrogens is 230 g/mol. The molecule has 5 nitrogen and oxygen atoms in total. The largest absolute Gasteiger partial charge is 0.495 e. The smallest absolute Gasteiger partial charge is 0.166 e. The van der Waals surface area contributed by atoms with Gasteiger partial charge in [0.2, 0.25) is 0 Å². The Bertz CT molecular complexity index is 537. The van der Waals surface area contributed by atoms with Gasteiger partial charge in [0.05, 0.1) is 12.8 Å². The predicted octanol–water partition coefficient (Wildman–Crippen LogP) is 2.29. The van der Waals surface area contributed by atoms with Gasteiger partial charge in [-0.25, -0.2) is 0 Å². The van der Waals surface area contributed by atoms with Crippen LogP contribution in [0.4, 0.5) is 0 Å². The molecule has 2 aromatic rings. The number of methoxy groups -OCH3 is 2. The number of hydrogen-bond acceptors (Lipinski definition) is 4. The van der Waals surface area contributed by atoms with E-state index in [-0.39, 0.29) is 6.10 Å². The molecule has 1 heterocycles. The second kappa shape index (κ2) is 5.18. The van der Waals surface area contributed by atoms with E-state index in [0.717, 1.165) is 22.8 Å². The van der Waals surface area contributed by atoms with Crippen molar-refractivity contribution in [3.05, 3.63) is 35.9 Å². The number of aryl methyl sites for hydroxylation is 1. The minimum absolute atomic E-state index is 0.127. The molecule has 0 saturated heterocycles. The molecule has 0 N–H and O–H groups in total. The Kier molecular flexibility index (Phi) is 3.62. The predicted molar refractivity (Wildman–Crippen MR) is 68.1 cm³/mol. The van der Waals surface area contributed by atoms with Crippen LogP contribution in [0.1, 0.15) is 24.4 Å². The molecule has 0 aliphatic carbocycles. The van der Waals surface area contributed by atoms with E-state index in [1.165, 1.54) is 0 Å². The lowest BCUT2D eigenvalue weighted by molar-refractivity contribution is 0.110. The first-order chi connectivity index (χ1) is 8.67. The molecule has 0 radical (unpaired) electrons. The van der Waals surface area contributed by atoms with Gasteiger partial charge in [0.25, 0.3) is 0 Å². The highest BCUT2D eigenvalue weighted by Crippen LogP contribution is 2.26. The number of benzene rings is 1. The minimum Gasteiger partial charge on any atom is -0.495 e. The molecule has 0 bridgehead atoms. The van der Waals surface area contributed by atoms with E-state index in [0.29, 0.717) is 0 Å². The molecule has 2 rings (SSSR count). The Labute approximate surface area is 106 Å². The Morgan fingerprint density at radius 3 is 2.72 bits per heavy atom. The van der Waals surface area contributed by atoms with E-state index >= 15 is 0 Å². The quantitative estimate of drug-likeness (QED) is 0.831. The highest BCUT2D eigenvalue weighted by Gasteiger charge is 2.16. The van der Waals surface area contributed by atoms with Crippen molar-refractivity contribution in [2.24, 2.45) is 0 Å². The molecule has 96 valence electrons. The van der Waals surface area contributed by atoms with Crippen molar-refractivity contribution in [3.8, 4) is 11.4 Å². The average Bonchev–Trinajstić information content (AvgIpc) is 2.86. The summed E-state index contributed by atoms with van der Waals surface area (Å²) in [6, 6.07) is 5.98. The van der Waals surface area contributed by atoms with Gasteiger partial charge in [-0.05, 0) is 31.5 Å². The highest BCUT2D eigenvalue weighted by atomic mass is 16.5. The van der Waals surface area contributed by atoms with Crippen molar-refractivity contribution in [1.29, 1.82) is 0 Å². The molecule has 0 aliphatic heterocycles. The van der Waals surface area contributed by atoms with E-state index in [9.17, 15) is 0 Å². The zero-order chi connectivity index (χ0) is 13.1. The van der Waals surface area contributed by atoms with Crippen molar-refractivity contribution < 1.29 is 9.47 Å². The summed E-state index contributed by atoms with van der Waals surface area (Å²) in [6.45, 7) is 3.97. The number of nitrogens with zero attached hydrogens (tertiary/aromatic N) is 3. The normalized spacial score (nSPS) is 12.4. The van der Waals surface area contributed by atoms with Crippen LogP contribution in [0, 0.1) is 6.92 Å². The topological polar surface area (TPSA) is 49.2 Å². The highest BCUT2D eigenvalue weighted by molar-refractivity contribution is 5.49. The van der Waals surface area contributed by atoms with Gasteiger partial charge >= 0.3 is 0 Å². The number of rotatable bonds is 4. The second-order valence-corrected chi connectivity index (χ2v) is 4.11. The lowest BCUT2D eigenvalue weighted by atomic mass is 10.2. The number of ether oxygens (including phenoxy) is 2. The summed E-state index contributed by atoms with van der Waals surface area (Å²) in [7, 11) is 3.30. The molecule has 0 amide bonds. The second-order valence-electron chi connectivity index (χ2n) is 4.11. The summed E-state index contributed by atoms with van der Waals surface area (Å²) in [5.74, 6) is 1.53. The molecule has 0 spiro atoms. The Hall–Kier alpha value is -1.88. The van der Waals surface area contributed by atoms with Gasteiger partial charge in [0, 0.05) is 7.11 Å². The van der Waals surface area contributed by atoms with E-state index in [4.69, 9.17) is 9.47 Å². The Morgan fingerprint density at radius 1 is 1.28 bits per heavy atom. The Morgan fingerprint density at radius 2 is 2.06 bits per heavy atom. The molecule has 0 fully saturated rings. The Balaban J connectivity index is 2.55. The summed E-state index contributed by atoms with van der Waals surface area (Å²) in [4.78, 5) is 0. The van der Waals surface area contributed by atoms with Gasteiger partial charge in [0.1, 0.15) is 18.2 Å². The zero-order valence-electron chi connectivity index (χ0n) is 11.0. The molecule has 1 atom stereocenters. The van der Waals surface area contributed by atoms with E-state index in [2.05, 4.69) is 10.2 Å². The molecule has 0 saturated carbocycles. The molecule has 1 unspecified atom stereocenters. The fourth-order valence-corrected chi connectivity index (χ4v) is 1.80. The van der Waals surface area contributed by atoms with Crippen LogP contribution in [-0.4, -0.2) is 29.0 Å². The maximum Gasteiger partial charge on any atom is 0.166 e. The van der Waals surface area contributed by atoms with Crippen LogP contribution in [0.25, 0.3) is 5.69 Å². The average molecular weight is 247 g/mol. The summed E-state index contributed by atoms with van der Waals surface area (Å²) in [6.07, 6.45) is 1.54. The summed E-state index contributed by atoms with van der Waals surface area (Å²) in [5, 5.41) is 8.05. The molecule has 0 aliphatic rings. The number of aromatic nitrogens is 3. The first kappa shape index (κ1) is 12.6. The van der Waals surface area contributed by atoms with Crippen molar-refractivity contribution in [3.63, 3.8) is 0 Å². The van der Waals surface area contributed by atoms with Crippen LogP contribution in [-0.2, 0) is 4.74 Å². The van der Waals surface area contributed by atoms with Crippen molar-refractivity contribution in [2.45, 2.75) is 20.0 Å². The van der Waals surface area contributed by atoms with E-state index in [1.54, 1.807) is 20.5 Å². The summed E-state index contributed by atoms with van der Waals surface area (Å²) in [5.41, 5.74) is 2.07. The van der Waals surface area contributed by atoms with Gasteiger partial charge in [-0.3, -0.25) is 4.57 Å². The lowest BCUT2D eigenvalue weighted by Gasteiger charge is -2.14. The third-order valence-electron chi connectivity index (χ3n) is 2.89. The van der Waals surface area contributed by atoms with Crippen LogP contribution in [0.3, 0.4) is 0 Å². The number of hydrogen-bond donors (Lipinski definition) is 0. The lowest BCUT2D eigenvalue weighted by Crippen LogP contribution is -2.07. The van der Waals surface area contributed by atoms with Crippen LogP contribution in [0.15, 0.2) is 24.5 Å². The first-order valence-electron chi connectivity index (χ1n) is 5.75. The van der Waals surface area contributed by atoms with Crippen molar-refractivity contribution in [1.82, 2.24) is 14.8 Å². The van der Waals surface area contributed by atoms with Crippen molar-refractivity contribution in [2.75, 3.05) is 14.2 Å². The molecule has 1 aromatic carbocycles. The maximum absolute atomic E-state index is 5.38. The summed E-state index contributed by atoms with van der Waals surface area (Å²) >= 11 is 0. The fourth-order valence-electron chi connectivity index (χ4n) is 1.80. The van der Waals surface area contributed by atoms with Gasteiger partial charge in [-0.1, -0.05) is 6.07 Å².